The maximum absolute atomic E-state index is 10.9. The van der Waals surface area contributed by atoms with Crippen LogP contribution in [0.5, 0.6) is 0 Å². The summed E-state index contributed by atoms with van der Waals surface area (Å²) in [6, 6.07) is 7.83. The number of furan rings is 1. The van der Waals surface area contributed by atoms with Gasteiger partial charge in [0.2, 0.25) is 0 Å². The lowest BCUT2D eigenvalue weighted by molar-refractivity contribution is -0.384. The smallest absolute Gasteiger partial charge is 0.280 e. The van der Waals surface area contributed by atoms with E-state index in [9.17, 15) is 10.1 Å². The SMILES string of the molecule is O=[N+]([O-])c1cccc(CO)c1-c1ccco1. The summed E-state index contributed by atoms with van der Waals surface area (Å²) in [5.41, 5.74) is 0.741. The molecule has 0 aliphatic heterocycles. The summed E-state index contributed by atoms with van der Waals surface area (Å²) in [6.45, 7) is -0.266. The molecule has 1 heterocycles. The lowest BCUT2D eigenvalue weighted by Gasteiger charge is -2.04. The van der Waals surface area contributed by atoms with Crippen molar-refractivity contribution < 1.29 is 14.4 Å². The van der Waals surface area contributed by atoms with Crippen molar-refractivity contribution in [1.82, 2.24) is 0 Å². The van der Waals surface area contributed by atoms with Crippen LogP contribution in [0.25, 0.3) is 11.3 Å². The minimum atomic E-state index is -0.489. The molecule has 0 saturated carbocycles. The van der Waals surface area contributed by atoms with Crippen molar-refractivity contribution in [1.29, 1.82) is 0 Å². The fourth-order valence-corrected chi connectivity index (χ4v) is 1.58. The molecule has 1 aromatic carbocycles. The van der Waals surface area contributed by atoms with Crippen LogP contribution in [0.15, 0.2) is 41.0 Å². The van der Waals surface area contributed by atoms with Gasteiger partial charge < -0.3 is 9.52 Å². The summed E-state index contributed by atoms with van der Waals surface area (Å²) in [5, 5.41) is 20.0. The highest BCUT2D eigenvalue weighted by molar-refractivity contribution is 5.73. The zero-order chi connectivity index (χ0) is 11.5. The molecule has 0 aliphatic carbocycles. The van der Waals surface area contributed by atoms with E-state index in [1.807, 2.05) is 0 Å². The van der Waals surface area contributed by atoms with Gasteiger partial charge in [-0.15, -0.1) is 0 Å². The van der Waals surface area contributed by atoms with Crippen LogP contribution in [-0.4, -0.2) is 10.0 Å². The number of rotatable bonds is 3. The van der Waals surface area contributed by atoms with Gasteiger partial charge in [0.05, 0.1) is 17.8 Å². The molecule has 0 saturated heterocycles. The van der Waals surface area contributed by atoms with Crippen molar-refractivity contribution in [3.63, 3.8) is 0 Å². The Balaban J connectivity index is 2.68. The summed E-state index contributed by atoms with van der Waals surface area (Å²) in [4.78, 5) is 10.4. The standard InChI is InChI=1S/C11H9NO4/c13-7-8-3-1-4-9(12(14)15)11(8)10-5-2-6-16-10/h1-6,13H,7H2. The average Bonchev–Trinajstić information content (AvgIpc) is 2.81. The Bertz CT molecular complexity index is 505. The maximum atomic E-state index is 10.9. The van der Waals surface area contributed by atoms with Crippen molar-refractivity contribution in [2.75, 3.05) is 0 Å². The van der Waals surface area contributed by atoms with Gasteiger partial charge in [0.1, 0.15) is 11.3 Å². The third-order valence-electron chi connectivity index (χ3n) is 2.26. The Hall–Kier alpha value is -2.14. The summed E-state index contributed by atoms with van der Waals surface area (Å²) in [7, 11) is 0. The van der Waals surface area contributed by atoms with Gasteiger partial charge in [0, 0.05) is 6.07 Å². The van der Waals surface area contributed by atoms with Gasteiger partial charge in [-0.05, 0) is 17.7 Å². The number of hydrogen-bond donors (Lipinski definition) is 1. The topological polar surface area (TPSA) is 76.5 Å². The maximum Gasteiger partial charge on any atom is 0.280 e. The minimum Gasteiger partial charge on any atom is -0.464 e. The summed E-state index contributed by atoms with van der Waals surface area (Å²) < 4.78 is 5.14. The highest BCUT2D eigenvalue weighted by Crippen LogP contribution is 2.33. The fourth-order valence-electron chi connectivity index (χ4n) is 1.58. The van der Waals surface area contributed by atoms with Gasteiger partial charge in [-0.25, -0.2) is 0 Å². The summed E-state index contributed by atoms with van der Waals surface area (Å²) >= 11 is 0. The molecule has 0 bridgehead atoms. The first kappa shape index (κ1) is 10.4. The van der Waals surface area contributed by atoms with E-state index in [0.29, 0.717) is 16.9 Å². The molecule has 0 radical (unpaired) electrons. The first-order valence-electron chi connectivity index (χ1n) is 4.65. The van der Waals surface area contributed by atoms with E-state index in [2.05, 4.69) is 0 Å². The highest BCUT2D eigenvalue weighted by Gasteiger charge is 2.20. The molecule has 2 aromatic rings. The monoisotopic (exact) mass is 219 g/mol. The molecular weight excluding hydrogens is 210 g/mol. The molecule has 0 atom stereocenters. The van der Waals surface area contributed by atoms with Crippen molar-refractivity contribution >= 4 is 5.69 Å². The molecule has 5 heteroatoms. The van der Waals surface area contributed by atoms with Crippen LogP contribution in [0.4, 0.5) is 5.69 Å². The van der Waals surface area contributed by atoms with E-state index in [1.54, 1.807) is 18.2 Å². The van der Waals surface area contributed by atoms with Gasteiger partial charge in [0.25, 0.3) is 5.69 Å². The molecular formula is C11H9NO4. The molecule has 5 nitrogen and oxygen atoms in total. The van der Waals surface area contributed by atoms with Crippen LogP contribution in [0.3, 0.4) is 0 Å². The summed E-state index contributed by atoms with van der Waals surface area (Å²) in [6.07, 6.45) is 1.44. The van der Waals surface area contributed by atoms with Crippen molar-refractivity contribution in [2.45, 2.75) is 6.61 Å². The number of aliphatic hydroxyl groups is 1. The van der Waals surface area contributed by atoms with E-state index in [1.165, 1.54) is 18.4 Å². The Labute approximate surface area is 91.1 Å². The molecule has 1 N–H and O–H groups in total. The van der Waals surface area contributed by atoms with E-state index < -0.39 is 4.92 Å². The van der Waals surface area contributed by atoms with Crippen molar-refractivity contribution in [2.24, 2.45) is 0 Å². The number of nitro groups is 1. The highest BCUT2D eigenvalue weighted by atomic mass is 16.6. The lowest BCUT2D eigenvalue weighted by atomic mass is 10.0. The Morgan fingerprint density at radius 3 is 2.69 bits per heavy atom. The molecule has 0 aliphatic rings. The zero-order valence-corrected chi connectivity index (χ0v) is 8.29. The number of aliphatic hydroxyl groups excluding tert-OH is 1. The van der Waals surface area contributed by atoms with Gasteiger partial charge >= 0.3 is 0 Å². The lowest BCUT2D eigenvalue weighted by Crippen LogP contribution is -1.96. The predicted octanol–water partition coefficient (Wildman–Crippen LogP) is 2.35. The molecule has 0 spiro atoms. The van der Waals surface area contributed by atoms with Crippen LogP contribution in [0.1, 0.15) is 5.56 Å². The van der Waals surface area contributed by atoms with E-state index in [0.717, 1.165) is 0 Å². The quantitative estimate of drug-likeness (QED) is 0.634. The fraction of sp³-hybridized carbons (Fsp3) is 0.0909. The molecule has 1 aromatic heterocycles. The average molecular weight is 219 g/mol. The van der Waals surface area contributed by atoms with Crippen molar-refractivity contribution in [3.8, 4) is 11.3 Å². The first-order chi connectivity index (χ1) is 7.74. The van der Waals surface area contributed by atoms with Crippen LogP contribution in [0, 0.1) is 10.1 Å². The number of nitro benzene ring substituents is 1. The molecule has 0 amide bonds. The number of hydrogen-bond acceptors (Lipinski definition) is 4. The van der Waals surface area contributed by atoms with Crippen LogP contribution in [0.2, 0.25) is 0 Å². The number of nitrogens with zero attached hydrogens (tertiary/aromatic N) is 1. The third kappa shape index (κ3) is 1.68. The van der Waals surface area contributed by atoms with Gasteiger partial charge in [-0.2, -0.15) is 0 Å². The predicted molar refractivity (Wildman–Crippen MR) is 56.7 cm³/mol. The Morgan fingerprint density at radius 1 is 1.31 bits per heavy atom. The zero-order valence-electron chi connectivity index (χ0n) is 8.29. The van der Waals surface area contributed by atoms with Crippen molar-refractivity contribution in [3.05, 3.63) is 52.3 Å². The molecule has 0 fully saturated rings. The summed E-state index contributed by atoms with van der Waals surface area (Å²) in [5.74, 6) is 0.386. The first-order valence-corrected chi connectivity index (χ1v) is 4.65. The third-order valence-corrected chi connectivity index (χ3v) is 2.26. The van der Waals surface area contributed by atoms with Crippen LogP contribution < -0.4 is 0 Å². The second kappa shape index (κ2) is 4.16. The minimum absolute atomic E-state index is 0.0681. The Morgan fingerprint density at radius 2 is 2.12 bits per heavy atom. The normalized spacial score (nSPS) is 10.3. The van der Waals surface area contributed by atoms with Gasteiger partial charge in [0.15, 0.2) is 0 Å². The largest absolute Gasteiger partial charge is 0.464 e. The Kier molecular flexibility index (Phi) is 2.70. The molecule has 0 unspecified atom stereocenters. The van der Waals surface area contributed by atoms with Crippen LogP contribution in [-0.2, 0) is 6.61 Å². The second-order valence-electron chi connectivity index (χ2n) is 3.20. The molecule has 2 rings (SSSR count). The van der Waals surface area contributed by atoms with E-state index in [-0.39, 0.29) is 12.3 Å². The molecule has 82 valence electrons. The second-order valence-corrected chi connectivity index (χ2v) is 3.20. The van der Waals surface area contributed by atoms with Crippen LogP contribution >= 0.6 is 0 Å². The van der Waals surface area contributed by atoms with Gasteiger partial charge in [-0.3, -0.25) is 10.1 Å². The molecule has 16 heavy (non-hydrogen) atoms. The van der Waals surface area contributed by atoms with Gasteiger partial charge in [-0.1, -0.05) is 12.1 Å². The van der Waals surface area contributed by atoms with E-state index >= 15 is 0 Å². The number of benzene rings is 1. The van der Waals surface area contributed by atoms with E-state index in [4.69, 9.17) is 9.52 Å².